The number of unbranched alkanes of at least 4 members (excludes halogenated alkanes) is 21. The molecule has 0 radical (unpaired) electrons. The zero-order valence-corrected chi connectivity index (χ0v) is 32.6. The summed E-state index contributed by atoms with van der Waals surface area (Å²) in [6, 6.07) is 0. The summed E-state index contributed by atoms with van der Waals surface area (Å²) in [7, 11) is 0. The molecule has 48 heavy (non-hydrogen) atoms. The molecule has 0 saturated heterocycles. The van der Waals surface area contributed by atoms with E-state index in [-0.39, 0.29) is 18.5 Å². The molecule has 0 aromatic heterocycles. The molecule has 0 aromatic rings. The Kier molecular flexibility index (Phi) is 37.7. The second-order valence-electron chi connectivity index (χ2n) is 14.5. The van der Waals surface area contributed by atoms with E-state index in [2.05, 4.69) is 25.7 Å². The first-order valence-electron chi connectivity index (χ1n) is 21.2. The molecule has 0 rings (SSSR count). The van der Waals surface area contributed by atoms with Crippen LogP contribution in [0, 0.1) is 5.92 Å². The highest BCUT2D eigenvalue weighted by Crippen LogP contribution is 2.20. The van der Waals surface area contributed by atoms with Crippen molar-refractivity contribution in [2.45, 2.75) is 213 Å². The van der Waals surface area contributed by atoms with E-state index in [0.717, 1.165) is 90.3 Å². The Bertz CT molecular complexity index is 672. The van der Waals surface area contributed by atoms with Gasteiger partial charge in [-0.05, 0) is 64.0 Å². The monoisotopic (exact) mass is 682 g/mol. The second-order valence-corrected chi connectivity index (χ2v) is 14.5. The van der Waals surface area contributed by atoms with E-state index in [1.54, 1.807) is 0 Å². The fraction of sp³-hybridized carbons (Fsp3) is 0.952. The average molecular weight is 682 g/mol. The minimum Gasteiger partial charge on any atom is -0.466 e. The number of rotatable bonds is 39. The van der Waals surface area contributed by atoms with Crippen LogP contribution in [-0.2, 0) is 19.1 Å². The zero-order valence-electron chi connectivity index (χ0n) is 32.6. The minimum atomic E-state index is -0.0366. The molecular formula is C42H83NO5. The third-order valence-electron chi connectivity index (χ3n) is 9.80. The van der Waals surface area contributed by atoms with Gasteiger partial charge in [-0.1, -0.05) is 156 Å². The molecule has 0 spiro atoms. The summed E-state index contributed by atoms with van der Waals surface area (Å²) in [5.74, 6) is 0.481. The Morgan fingerprint density at radius 3 is 1.35 bits per heavy atom. The largest absolute Gasteiger partial charge is 0.466 e. The minimum absolute atomic E-state index is 0.0131. The van der Waals surface area contributed by atoms with Gasteiger partial charge in [0.25, 0.3) is 0 Å². The molecular weight excluding hydrogens is 598 g/mol. The molecule has 1 N–H and O–H groups in total. The lowest BCUT2D eigenvalue weighted by Gasteiger charge is -2.21. The third-order valence-corrected chi connectivity index (χ3v) is 9.80. The number of hydrogen-bond acceptors (Lipinski definition) is 6. The van der Waals surface area contributed by atoms with Crippen molar-refractivity contribution in [3.63, 3.8) is 0 Å². The van der Waals surface area contributed by atoms with Crippen molar-refractivity contribution in [2.24, 2.45) is 5.92 Å². The van der Waals surface area contributed by atoms with E-state index < -0.39 is 0 Å². The molecule has 0 bridgehead atoms. The van der Waals surface area contributed by atoms with Crippen LogP contribution in [0.15, 0.2) is 0 Å². The number of ether oxygens (including phenoxy) is 2. The third kappa shape index (κ3) is 34.7. The van der Waals surface area contributed by atoms with Gasteiger partial charge in [0.1, 0.15) is 0 Å². The fourth-order valence-electron chi connectivity index (χ4n) is 6.55. The second kappa shape index (κ2) is 38.7. The first kappa shape index (κ1) is 46.9. The average Bonchev–Trinajstić information content (AvgIpc) is 3.08. The molecule has 0 saturated carbocycles. The quantitative estimate of drug-likeness (QED) is 0.0514. The molecule has 1 atom stereocenters. The van der Waals surface area contributed by atoms with Gasteiger partial charge in [-0.3, -0.25) is 9.59 Å². The van der Waals surface area contributed by atoms with Gasteiger partial charge in [-0.2, -0.15) is 0 Å². The van der Waals surface area contributed by atoms with Gasteiger partial charge in [0.05, 0.1) is 19.8 Å². The number of aliphatic hydroxyl groups is 1. The van der Waals surface area contributed by atoms with E-state index >= 15 is 0 Å². The van der Waals surface area contributed by atoms with Gasteiger partial charge < -0.3 is 19.5 Å². The van der Waals surface area contributed by atoms with E-state index in [9.17, 15) is 14.7 Å². The first-order chi connectivity index (χ1) is 23.6. The van der Waals surface area contributed by atoms with Crippen LogP contribution >= 0.6 is 0 Å². The summed E-state index contributed by atoms with van der Waals surface area (Å²) < 4.78 is 11.2. The number of hydrogen-bond donors (Lipinski definition) is 1. The standard InChI is InChI=1S/C42H83NO5/c1-4-7-10-13-17-24-31-40(30-23-16-12-9-6-3)39-48-42(46)33-26-19-21-28-35-43(36-37-44)34-27-20-15-18-25-32-41(45)47-38-29-22-14-11-8-5-2/h40,44H,4-39H2,1-3H3. The van der Waals surface area contributed by atoms with E-state index in [1.807, 2.05) is 0 Å². The Hall–Kier alpha value is -1.14. The van der Waals surface area contributed by atoms with Crippen molar-refractivity contribution >= 4 is 11.9 Å². The first-order valence-corrected chi connectivity index (χ1v) is 21.2. The summed E-state index contributed by atoms with van der Waals surface area (Å²) >= 11 is 0. The molecule has 0 aliphatic rings. The van der Waals surface area contributed by atoms with Crippen LogP contribution in [-0.4, -0.2) is 61.4 Å². The SMILES string of the molecule is CCCCCCCCOC(=O)CCCCCCCN(CCO)CCCCCCC(=O)OCC(CCCCCCC)CCCCCCCC. The molecule has 6 heteroatoms. The summed E-state index contributed by atoms with van der Waals surface area (Å²) in [4.78, 5) is 26.8. The van der Waals surface area contributed by atoms with Gasteiger partial charge in [-0.25, -0.2) is 0 Å². The predicted molar refractivity (Wildman–Crippen MR) is 204 cm³/mol. The molecule has 0 aliphatic heterocycles. The van der Waals surface area contributed by atoms with Crippen molar-refractivity contribution in [1.82, 2.24) is 4.90 Å². The normalized spacial score (nSPS) is 12.1. The van der Waals surface area contributed by atoms with Crippen LogP contribution in [0.5, 0.6) is 0 Å². The molecule has 0 aliphatic carbocycles. The Morgan fingerprint density at radius 1 is 0.479 bits per heavy atom. The van der Waals surface area contributed by atoms with Crippen molar-refractivity contribution in [1.29, 1.82) is 0 Å². The summed E-state index contributed by atoms with van der Waals surface area (Å²) in [6.07, 6.45) is 34.8. The van der Waals surface area contributed by atoms with Gasteiger partial charge in [0.15, 0.2) is 0 Å². The Labute approximate surface area is 299 Å². The fourth-order valence-corrected chi connectivity index (χ4v) is 6.55. The van der Waals surface area contributed by atoms with E-state index in [0.29, 0.717) is 32.0 Å². The molecule has 0 heterocycles. The Morgan fingerprint density at radius 2 is 0.875 bits per heavy atom. The number of carbonyl (C=O) groups excluding carboxylic acids is 2. The number of aliphatic hydroxyl groups excluding tert-OH is 1. The van der Waals surface area contributed by atoms with Crippen molar-refractivity contribution in [2.75, 3.05) is 39.5 Å². The van der Waals surface area contributed by atoms with Gasteiger partial charge >= 0.3 is 11.9 Å². The van der Waals surface area contributed by atoms with Crippen molar-refractivity contribution in [3.05, 3.63) is 0 Å². The molecule has 0 aromatic carbocycles. The number of esters is 2. The molecule has 1 unspecified atom stereocenters. The lowest BCUT2D eigenvalue weighted by molar-refractivity contribution is -0.145. The molecule has 6 nitrogen and oxygen atoms in total. The summed E-state index contributed by atoms with van der Waals surface area (Å²) in [6.45, 7) is 10.9. The smallest absolute Gasteiger partial charge is 0.305 e. The van der Waals surface area contributed by atoms with Crippen LogP contribution in [0.1, 0.15) is 213 Å². The maximum atomic E-state index is 12.5. The highest BCUT2D eigenvalue weighted by Gasteiger charge is 2.13. The summed E-state index contributed by atoms with van der Waals surface area (Å²) in [5.41, 5.74) is 0. The highest BCUT2D eigenvalue weighted by molar-refractivity contribution is 5.69. The van der Waals surface area contributed by atoms with Crippen LogP contribution in [0.25, 0.3) is 0 Å². The zero-order chi connectivity index (χ0) is 35.2. The van der Waals surface area contributed by atoms with E-state index in [4.69, 9.17) is 9.47 Å². The molecule has 286 valence electrons. The maximum Gasteiger partial charge on any atom is 0.305 e. The number of carbonyl (C=O) groups is 2. The van der Waals surface area contributed by atoms with Gasteiger partial charge in [0, 0.05) is 19.4 Å². The van der Waals surface area contributed by atoms with Crippen LogP contribution in [0.2, 0.25) is 0 Å². The van der Waals surface area contributed by atoms with Gasteiger partial charge in [-0.15, -0.1) is 0 Å². The topological polar surface area (TPSA) is 76.1 Å². The number of nitrogens with zero attached hydrogens (tertiary/aromatic N) is 1. The highest BCUT2D eigenvalue weighted by atomic mass is 16.5. The molecule has 0 fully saturated rings. The molecule has 0 amide bonds. The van der Waals surface area contributed by atoms with Crippen LogP contribution in [0.4, 0.5) is 0 Å². The van der Waals surface area contributed by atoms with Crippen molar-refractivity contribution in [3.8, 4) is 0 Å². The maximum absolute atomic E-state index is 12.5. The lowest BCUT2D eigenvalue weighted by atomic mass is 9.95. The lowest BCUT2D eigenvalue weighted by Crippen LogP contribution is -2.29. The van der Waals surface area contributed by atoms with Gasteiger partial charge in [0.2, 0.25) is 0 Å². The van der Waals surface area contributed by atoms with Crippen molar-refractivity contribution < 1.29 is 24.2 Å². The Balaban J connectivity index is 3.93. The summed E-state index contributed by atoms with van der Waals surface area (Å²) in [5, 5.41) is 9.52. The van der Waals surface area contributed by atoms with Crippen LogP contribution < -0.4 is 0 Å². The van der Waals surface area contributed by atoms with Crippen LogP contribution in [0.3, 0.4) is 0 Å². The van der Waals surface area contributed by atoms with E-state index in [1.165, 1.54) is 109 Å². The predicted octanol–water partition coefficient (Wildman–Crippen LogP) is 11.7.